The SMILES string of the molecule is COC(=O)CC(C)NC(=O)Cc1cccc(F)c1. The zero-order valence-electron chi connectivity index (χ0n) is 10.4. The van der Waals surface area contributed by atoms with Crippen LogP contribution in [0.25, 0.3) is 0 Å². The second-order valence-corrected chi connectivity index (χ2v) is 4.06. The van der Waals surface area contributed by atoms with Crippen LogP contribution >= 0.6 is 0 Å². The third-order valence-corrected chi connectivity index (χ3v) is 2.36. The molecule has 0 saturated heterocycles. The van der Waals surface area contributed by atoms with Gasteiger partial charge in [0.2, 0.25) is 5.91 Å². The van der Waals surface area contributed by atoms with Crippen LogP contribution in [0.2, 0.25) is 0 Å². The predicted octanol–water partition coefficient (Wildman–Crippen LogP) is 1.44. The Hall–Kier alpha value is -1.91. The average molecular weight is 253 g/mol. The van der Waals surface area contributed by atoms with Crippen molar-refractivity contribution < 1.29 is 18.7 Å². The Morgan fingerprint density at radius 1 is 1.44 bits per heavy atom. The molecule has 1 aromatic rings. The minimum Gasteiger partial charge on any atom is -0.469 e. The number of benzene rings is 1. The number of methoxy groups -OCH3 is 1. The number of carbonyl (C=O) groups is 2. The molecule has 4 nitrogen and oxygen atoms in total. The molecule has 0 aliphatic carbocycles. The van der Waals surface area contributed by atoms with E-state index in [1.54, 1.807) is 19.1 Å². The topological polar surface area (TPSA) is 55.4 Å². The quantitative estimate of drug-likeness (QED) is 0.808. The molecule has 1 amide bonds. The van der Waals surface area contributed by atoms with Crippen LogP contribution < -0.4 is 5.32 Å². The number of hydrogen-bond acceptors (Lipinski definition) is 3. The Bertz CT molecular complexity index is 434. The van der Waals surface area contributed by atoms with Crippen molar-refractivity contribution in [1.82, 2.24) is 5.32 Å². The van der Waals surface area contributed by atoms with Crippen LogP contribution in [-0.2, 0) is 20.7 Å². The van der Waals surface area contributed by atoms with E-state index in [4.69, 9.17) is 0 Å². The number of hydrogen-bond donors (Lipinski definition) is 1. The summed E-state index contributed by atoms with van der Waals surface area (Å²) in [6.07, 6.45) is 0.203. The standard InChI is InChI=1S/C13H16FNO3/c1-9(6-13(17)18-2)15-12(16)8-10-4-3-5-11(14)7-10/h3-5,7,9H,6,8H2,1-2H3,(H,15,16). The van der Waals surface area contributed by atoms with E-state index in [1.807, 2.05) is 0 Å². The lowest BCUT2D eigenvalue weighted by molar-refractivity contribution is -0.141. The van der Waals surface area contributed by atoms with Gasteiger partial charge in [-0.15, -0.1) is 0 Å². The van der Waals surface area contributed by atoms with Crippen molar-refractivity contribution in [3.63, 3.8) is 0 Å². The van der Waals surface area contributed by atoms with Gasteiger partial charge in [0.1, 0.15) is 5.82 Å². The van der Waals surface area contributed by atoms with Crippen LogP contribution in [0.5, 0.6) is 0 Å². The van der Waals surface area contributed by atoms with Gasteiger partial charge in [0.05, 0.1) is 20.0 Å². The molecule has 0 aliphatic heterocycles. The fourth-order valence-electron chi connectivity index (χ4n) is 1.54. The normalized spacial score (nSPS) is 11.7. The maximum Gasteiger partial charge on any atom is 0.307 e. The van der Waals surface area contributed by atoms with Crippen LogP contribution in [0.3, 0.4) is 0 Å². The van der Waals surface area contributed by atoms with Gasteiger partial charge in [-0.2, -0.15) is 0 Å². The molecule has 0 bridgehead atoms. The van der Waals surface area contributed by atoms with Crippen molar-refractivity contribution in [3.8, 4) is 0 Å². The third-order valence-electron chi connectivity index (χ3n) is 2.36. The summed E-state index contributed by atoms with van der Waals surface area (Å²) in [5.74, 6) is -1.01. The Balaban J connectivity index is 2.44. The molecule has 5 heteroatoms. The zero-order chi connectivity index (χ0) is 13.5. The van der Waals surface area contributed by atoms with Crippen molar-refractivity contribution in [2.75, 3.05) is 7.11 Å². The van der Waals surface area contributed by atoms with Crippen LogP contribution in [-0.4, -0.2) is 25.0 Å². The molecule has 0 spiro atoms. The van der Waals surface area contributed by atoms with Gasteiger partial charge in [0.15, 0.2) is 0 Å². The number of rotatable bonds is 5. The Morgan fingerprint density at radius 2 is 2.17 bits per heavy atom. The van der Waals surface area contributed by atoms with E-state index in [-0.39, 0.29) is 36.6 Å². The molecule has 1 rings (SSSR count). The molecule has 0 saturated carbocycles. The molecule has 0 aliphatic rings. The summed E-state index contributed by atoms with van der Waals surface area (Å²) in [7, 11) is 1.30. The van der Waals surface area contributed by atoms with Crippen molar-refractivity contribution in [3.05, 3.63) is 35.6 Å². The van der Waals surface area contributed by atoms with Gasteiger partial charge < -0.3 is 10.1 Å². The first-order chi connectivity index (χ1) is 8.51. The molecule has 0 heterocycles. The Kier molecular flexibility index (Phi) is 5.30. The first-order valence-corrected chi connectivity index (χ1v) is 5.62. The van der Waals surface area contributed by atoms with Gasteiger partial charge in [-0.1, -0.05) is 12.1 Å². The van der Waals surface area contributed by atoms with Crippen LogP contribution in [0.1, 0.15) is 18.9 Å². The van der Waals surface area contributed by atoms with E-state index in [2.05, 4.69) is 10.1 Å². The average Bonchev–Trinajstić information content (AvgIpc) is 2.28. The fourth-order valence-corrected chi connectivity index (χ4v) is 1.54. The van der Waals surface area contributed by atoms with Crippen LogP contribution in [0.4, 0.5) is 4.39 Å². The van der Waals surface area contributed by atoms with Crippen molar-refractivity contribution >= 4 is 11.9 Å². The lowest BCUT2D eigenvalue weighted by Gasteiger charge is -2.12. The lowest BCUT2D eigenvalue weighted by Crippen LogP contribution is -2.35. The summed E-state index contributed by atoms with van der Waals surface area (Å²) in [5, 5.41) is 2.65. The first kappa shape index (κ1) is 14.2. The summed E-state index contributed by atoms with van der Waals surface area (Å²) in [4.78, 5) is 22.6. The molecular weight excluding hydrogens is 237 g/mol. The van der Waals surface area contributed by atoms with Crippen molar-refractivity contribution in [2.24, 2.45) is 0 Å². The highest BCUT2D eigenvalue weighted by Crippen LogP contribution is 2.04. The summed E-state index contributed by atoms with van der Waals surface area (Å²) in [6, 6.07) is 5.55. The first-order valence-electron chi connectivity index (χ1n) is 5.62. The fraction of sp³-hybridized carbons (Fsp3) is 0.385. The number of esters is 1. The van der Waals surface area contributed by atoms with E-state index in [9.17, 15) is 14.0 Å². The van der Waals surface area contributed by atoms with Gasteiger partial charge in [0, 0.05) is 6.04 Å². The summed E-state index contributed by atoms with van der Waals surface area (Å²) in [6.45, 7) is 1.71. The maximum absolute atomic E-state index is 12.9. The Labute approximate surface area is 105 Å². The van der Waals surface area contributed by atoms with Gasteiger partial charge in [-0.3, -0.25) is 9.59 Å². The van der Waals surface area contributed by atoms with E-state index < -0.39 is 0 Å². The number of nitrogens with one attached hydrogen (secondary N) is 1. The number of halogens is 1. The second kappa shape index (κ2) is 6.74. The molecule has 0 aromatic heterocycles. The molecule has 1 unspecified atom stereocenters. The zero-order valence-corrected chi connectivity index (χ0v) is 10.4. The maximum atomic E-state index is 12.9. The summed E-state index contributed by atoms with van der Waals surface area (Å²) < 4.78 is 17.4. The minimum atomic E-state index is -0.381. The van der Waals surface area contributed by atoms with Gasteiger partial charge in [-0.05, 0) is 24.6 Å². The lowest BCUT2D eigenvalue weighted by atomic mass is 10.1. The largest absolute Gasteiger partial charge is 0.469 e. The van der Waals surface area contributed by atoms with E-state index in [1.165, 1.54) is 19.2 Å². The highest BCUT2D eigenvalue weighted by atomic mass is 19.1. The van der Waals surface area contributed by atoms with E-state index in [0.717, 1.165) is 0 Å². The monoisotopic (exact) mass is 253 g/mol. The smallest absolute Gasteiger partial charge is 0.307 e. The molecular formula is C13H16FNO3. The van der Waals surface area contributed by atoms with E-state index >= 15 is 0 Å². The molecule has 1 aromatic carbocycles. The number of amides is 1. The number of ether oxygens (including phenoxy) is 1. The minimum absolute atomic E-state index is 0.0866. The van der Waals surface area contributed by atoms with Gasteiger partial charge in [0.25, 0.3) is 0 Å². The molecule has 1 N–H and O–H groups in total. The predicted molar refractivity (Wildman–Crippen MR) is 64.3 cm³/mol. The molecule has 98 valence electrons. The Morgan fingerprint density at radius 3 is 2.78 bits per heavy atom. The number of carbonyl (C=O) groups excluding carboxylic acids is 2. The molecule has 0 fully saturated rings. The van der Waals surface area contributed by atoms with Crippen molar-refractivity contribution in [2.45, 2.75) is 25.8 Å². The molecule has 18 heavy (non-hydrogen) atoms. The highest BCUT2D eigenvalue weighted by molar-refractivity contribution is 5.79. The van der Waals surface area contributed by atoms with Gasteiger partial charge in [-0.25, -0.2) is 4.39 Å². The van der Waals surface area contributed by atoms with E-state index in [0.29, 0.717) is 5.56 Å². The second-order valence-electron chi connectivity index (χ2n) is 4.06. The van der Waals surface area contributed by atoms with Gasteiger partial charge >= 0.3 is 5.97 Å². The van der Waals surface area contributed by atoms with Crippen LogP contribution in [0, 0.1) is 5.82 Å². The van der Waals surface area contributed by atoms with Crippen molar-refractivity contribution in [1.29, 1.82) is 0 Å². The summed E-state index contributed by atoms with van der Waals surface area (Å²) >= 11 is 0. The molecule has 0 radical (unpaired) electrons. The van der Waals surface area contributed by atoms with Crippen LogP contribution in [0.15, 0.2) is 24.3 Å². The third kappa shape index (κ3) is 4.95. The summed E-state index contributed by atoms with van der Waals surface area (Å²) in [5.41, 5.74) is 0.595. The molecule has 1 atom stereocenters. The highest BCUT2D eigenvalue weighted by Gasteiger charge is 2.12.